The van der Waals surface area contributed by atoms with Gasteiger partial charge in [-0.3, -0.25) is 0 Å². The third kappa shape index (κ3) is 332. The molecule has 2 heteroatoms. The average Bonchev–Trinajstić information content (AvgIpc) is 0.722. The first-order valence-electron chi connectivity index (χ1n) is 1.79. The lowest BCUT2D eigenvalue weighted by Gasteiger charge is -2.14. The molecule has 0 aliphatic heterocycles. The third-order valence-electron chi connectivity index (χ3n) is 0. The van der Waals surface area contributed by atoms with E-state index in [-0.39, 0.29) is 9.90 Å². The zero-order valence-electron chi connectivity index (χ0n) is 5.15. The fourth-order valence-electron chi connectivity index (χ4n) is 0. The van der Waals surface area contributed by atoms with Crippen LogP contribution >= 0.6 is 9.90 Å². The Labute approximate surface area is 43.6 Å². The Morgan fingerprint density at radius 3 is 0.833 bits per heavy atom. The van der Waals surface area contributed by atoms with E-state index in [4.69, 9.17) is 0 Å². The molecule has 0 fully saturated rings. The van der Waals surface area contributed by atoms with Crippen molar-refractivity contribution in [3.63, 3.8) is 0 Å². The molecule has 1 atom stereocenters. The van der Waals surface area contributed by atoms with Crippen molar-refractivity contribution in [1.82, 2.24) is 0 Å². The van der Waals surface area contributed by atoms with Gasteiger partial charge in [0.15, 0.2) is 0 Å². The second-order valence-corrected chi connectivity index (χ2v) is 2.68. The Hall–Kier alpha value is 0.390. The third-order valence-corrected chi connectivity index (χ3v) is 0. The Bertz CT molecular complexity index is 23.0. The van der Waals surface area contributed by atoms with Crippen LogP contribution in [0.3, 0.4) is 0 Å². The van der Waals surface area contributed by atoms with Crippen LogP contribution in [0.15, 0.2) is 0 Å². The zero-order chi connectivity index (χ0) is 4.50. The number of rotatable bonds is 0. The monoisotopic (exact) mass is 108 g/mol. The van der Waals surface area contributed by atoms with E-state index < -0.39 is 0 Å². The molecule has 0 aromatic heterocycles. The molecule has 6 heavy (non-hydrogen) atoms. The molecule has 0 aromatic rings. The Balaban J connectivity index is 0. The predicted molar refractivity (Wildman–Crippen MR) is 35.1 cm³/mol. The van der Waals surface area contributed by atoms with Crippen LogP contribution in [0.5, 0.6) is 0 Å². The summed E-state index contributed by atoms with van der Waals surface area (Å²) in [6.07, 6.45) is 0. The van der Waals surface area contributed by atoms with Crippen LogP contribution in [0.25, 0.3) is 0 Å². The highest BCUT2D eigenvalue weighted by Gasteiger charge is 1.88. The van der Waals surface area contributed by atoms with E-state index in [0.29, 0.717) is 0 Å². The van der Waals surface area contributed by atoms with Gasteiger partial charge in [0.25, 0.3) is 0 Å². The van der Waals surface area contributed by atoms with E-state index in [9.17, 15) is 0 Å². The summed E-state index contributed by atoms with van der Waals surface area (Å²) in [6, 6.07) is 0. The summed E-state index contributed by atoms with van der Waals surface area (Å²) in [5, 5.41) is 0. The largest absolute Gasteiger partial charge is 0.333 e. The molecule has 0 aromatic carbocycles. The lowest BCUT2D eigenvalue weighted by atomic mass is 10.8. The van der Waals surface area contributed by atoms with Gasteiger partial charge in [-0.15, -0.1) is 0 Å². The summed E-state index contributed by atoms with van der Waals surface area (Å²) in [5.74, 6) is 0. The van der Waals surface area contributed by atoms with E-state index in [1.54, 1.807) is 0 Å². The highest BCUT2D eigenvalue weighted by Crippen LogP contribution is 1.73. The van der Waals surface area contributed by atoms with E-state index in [2.05, 4.69) is 28.2 Å². The molecule has 0 amide bonds. The number of quaternary nitrogens is 1. The van der Waals surface area contributed by atoms with Gasteiger partial charge in [-0.05, 0) is 0 Å². The second kappa shape index (κ2) is 2.54. The zero-order valence-corrected chi connectivity index (χ0v) is 6.57. The van der Waals surface area contributed by atoms with E-state index >= 15 is 0 Å². The maximum atomic E-state index is 2.12. The maximum absolute atomic E-state index is 2.12. The highest BCUT2D eigenvalue weighted by atomic mass is 31.0. The van der Waals surface area contributed by atoms with Crippen molar-refractivity contribution < 1.29 is 4.48 Å². The molecule has 0 radical (unpaired) electrons. The van der Waals surface area contributed by atoms with Crippen molar-refractivity contribution >= 4 is 9.90 Å². The molecule has 0 rings (SSSR count). The van der Waals surface area contributed by atoms with E-state index in [1.165, 1.54) is 0 Å². The molecule has 0 aliphatic rings. The first-order valence-corrected chi connectivity index (χ1v) is 1.79. The lowest BCUT2D eigenvalue weighted by Crippen LogP contribution is -2.27. The van der Waals surface area contributed by atoms with Gasteiger partial charge in [0.2, 0.25) is 0 Å². The summed E-state index contributed by atoms with van der Waals surface area (Å²) >= 11 is 0. The molecule has 1 unspecified atom stereocenters. The molecule has 0 saturated heterocycles. The highest BCUT2D eigenvalue weighted by molar-refractivity contribution is 6.92. The van der Waals surface area contributed by atoms with Crippen LogP contribution in [0.4, 0.5) is 0 Å². The van der Waals surface area contributed by atoms with Gasteiger partial charge in [0.05, 0.1) is 28.2 Å². The maximum Gasteiger partial charge on any atom is 0.0675 e. The Morgan fingerprint density at radius 1 is 0.833 bits per heavy atom. The van der Waals surface area contributed by atoms with E-state index in [1.807, 2.05) is 0 Å². The second-order valence-electron chi connectivity index (χ2n) is 2.68. The minimum atomic E-state index is 0. The van der Waals surface area contributed by atoms with Gasteiger partial charge < -0.3 is 4.48 Å². The number of nitrogens with zero attached hydrogens (tertiary/aromatic N) is 1. The first kappa shape index (κ1) is 9.63. The van der Waals surface area contributed by atoms with Gasteiger partial charge in [0, 0.05) is 0 Å². The molecule has 40 valence electrons. The van der Waals surface area contributed by atoms with Gasteiger partial charge in [-0.1, -0.05) is 0 Å². The summed E-state index contributed by atoms with van der Waals surface area (Å²) in [5.41, 5.74) is 0. The van der Waals surface area contributed by atoms with Crippen LogP contribution in [-0.2, 0) is 0 Å². The van der Waals surface area contributed by atoms with Crippen molar-refractivity contribution in [2.24, 2.45) is 0 Å². The molecule has 0 heterocycles. The van der Waals surface area contributed by atoms with Crippen molar-refractivity contribution in [1.29, 1.82) is 0 Å². The summed E-state index contributed by atoms with van der Waals surface area (Å²) in [4.78, 5) is 0. The van der Waals surface area contributed by atoms with Gasteiger partial charge in [-0.2, -0.15) is 9.90 Å². The molecule has 0 aliphatic carbocycles. The topological polar surface area (TPSA) is 0 Å². The van der Waals surface area contributed by atoms with Crippen molar-refractivity contribution in [2.45, 2.75) is 0 Å². The van der Waals surface area contributed by atoms with Crippen molar-refractivity contribution in [2.75, 3.05) is 28.2 Å². The fraction of sp³-hybridized carbons (Fsp3) is 1.00. The quantitative estimate of drug-likeness (QED) is 0.311. The first-order chi connectivity index (χ1) is 2.00. The van der Waals surface area contributed by atoms with Crippen molar-refractivity contribution in [3.05, 3.63) is 0 Å². The molecule has 0 saturated carbocycles. The van der Waals surface area contributed by atoms with Gasteiger partial charge >= 0.3 is 0 Å². The molecule has 0 N–H and O–H groups in total. The van der Waals surface area contributed by atoms with Gasteiger partial charge in [-0.25, -0.2) is 0 Å². The summed E-state index contributed by atoms with van der Waals surface area (Å²) < 4.78 is 1.00. The van der Waals surface area contributed by atoms with Crippen LogP contribution in [0.2, 0.25) is 0 Å². The van der Waals surface area contributed by atoms with Crippen LogP contribution in [-0.4, -0.2) is 32.7 Å². The predicted octanol–water partition coefficient (Wildman–Crippen LogP) is 0.380. The van der Waals surface area contributed by atoms with Crippen molar-refractivity contribution in [3.8, 4) is 0 Å². The van der Waals surface area contributed by atoms with Crippen LogP contribution in [0.1, 0.15) is 0 Å². The Morgan fingerprint density at radius 2 is 0.833 bits per heavy atom. The minimum absolute atomic E-state index is 0. The SMILES string of the molecule is C[N+](C)(C)C.P. The minimum Gasteiger partial charge on any atom is -0.333 e. The molecule has 0 bridgehead atoms. The fourth-order valence-corrected chi connectivity index (χ4v) is 0. The Kier molecular flexibility index (Phi) is 4.08. The van der Waals surface area contributed by atoms with Gasteiger partial charge in [0.1, 0.15) is 0 Å². The molecular weight excluding hydrogens is 93.0 g/mol. The van der Waals surface area contributed by atoms with Crippen LogP contribution in [0, 0.1) is 0 Å². The lowest BCUT2D eigenvalue weighted by molar-refractivity contribution is -0.849. The number of hydrogen-bond donors (Lipinski definition) is 0. The normalized spacial score (nSPS) is 10.0. The molecular formula is C4H15NP+. The average molecular weight is 108 g/mol. The van der Waals surface area contributed by atoms with Crippen LogP contribution < -0.4 is 0 Å². The summed E-state index contributed by atoms with van der Waals surface area (Å²) in [7, 11) is 8.50. The summed E-state index contributed by atoms with van der Waals surface area (Å²) in [6.45, 7) is 0. The smallest absolute Gasteiger partial charge is 0.0675 e. The molecule has 0 spiro atoms. The molecule has 1 nitrogen and oxygen atoms in total. The standard InChI is InChI=1S/C4H12N.H3P/c1-5(2,3)4;/h1-4H3;1H3/q+1;. The number of hydrogen-bond acceptors (Lipinski definition) is 0. The van der Waals surface area contributed by atoms with E-state index in [0.717, 1.165) is 4.48 Å².